The van der Waals surface area contributed by atoms with Crippen LogP contribution in [0.3, 0.4) is 0 Å². The van der Waals surface area contributed by atoms with Crippen molar-refractivity contribution in [3.63, 3.8) is 0 Å². The molecule has 28 heavy (non-hydrogen) atoms. The number of nitrogens with one attached hydrogen (secondary N) is 2. The Morgan fingerprint density at radius 3 is 2.46 bits per heavy atom. The standard InChI is InChI=1S/C19H14F5N3O/c20-13-3-10(1-2-11(13)7-27-8-19(23,24)9-27)18(28)26-17-6-25-16-5-15(22)14(21)4-12(16)17/h1-6,25H,7-9H2,(H,26,28). The summed E-state index contributed by atoms with van der Waals surface area (Å²) in [4.78, 5) is 16.5. The van der Waals surface area contributed by atoms with Crippen LogP contribution in [0.4, 0.5) is 27.6 Å². The topological polar surface area (TPSA) is 48.1 Å². The minimum Gasteiger partial charge on any atom is -0.359 e. The monoisotopic (exact) mass is 395 g/mol. The number of amides is 1. The summed E-state index contributed by atoms with van der Waals surface area (Å²) in [6.45, 7) is -0.824. The van der Waals surface area contributed by atoms with E-state index >= 15 is 0 Å². The number of carbonyl (C=O) groups is 1. The molecular formula is C19H14F5N3O. The number of anilines is 1. The number of rotatable bonds is 4. The van der Waals surface area contributed by atoms with E-state index in [4.69, 9.17) is 0 Å². The lowest BCUT2D eigenvalue weighted by Crippen LogP contribution is -2.55. The minimum atomic E-state index is -2.74. The second-order valence-electron chi connectivity index (χ2n) is 6.78. The summed E-state index contributed by atoms with van der Waals surface area (Å²) < 4.78 is 66.7. The fourth-order valence-corrected chi connectivity index (χ4v) is 3.19. The number of likely N-dealkylation sites (tertiary alicyclic amines) is 1. The molecule has 0 bridgehead atoms. The maximum atomic E-state index is 14.3. The Labute approximate surface area is 155 Å². The number of H-pyrrole nitrogens is 1. The van der Waals surface area contributed by atoms with E-state index in [2.05, 4.69) is 10.3 Å². The highest BCUT2D eigenvalue weighted by atomic mass is 19.3. The van der Waals surface area contributed by atoms with Crippen LogP contribution in [0.2, 0.25) is 0 Å². The Morgan fingerprint density at radius 2 is 1.79 bits per heavy atom. The number of aromatic amines is 1. The van der Waals surface area contributed by atoms with Crippen molar-refractivity contribution in [2.75, 3.05) is 18.4 Å². The number of hydrogen-bond acceptors (Lipinski definition) is 2. The molecule has 1 fully saturated rings. The average molecular weight is 395 g/mol. The van der Waals surface area contributed by atoms with Crippen LogP contribution >= 0.6 is 0 Å². The highest BCUT2D eigenvalue weighted by Crippen LogP contribution is 2.29. The van der Waals surface area contributed by atoms with Gasteiger partial charge in [0.1, 0.15) is 5.82 Å². The normalized spacial score (nSPS) is 16.2. The molecule has 0 spiro atoms. The van der Waals surface area contributed by atoms with Crippen LogP contribution in [0.1, 0.15) is 15.9 Å². The molecule has 4 rings (SSSR count). The number of alkyl halides is 2. The van der Waals surface area contributed by atoms with Crippen LogP contribution in [0, 0.1) is 17.5 Å². The van der Waals surface area contributed by atoms with Crippen LogP contribution in [0.5, 0.6) is 0 Å². The second kappa shape index (κ2) is 6.59. The molecule has 9 heteroatoms. The quantitative estimate of drug-likeness (QED) is 0.648. The van der Waals surface area contributed by atoms with Gasteiger partial charge in [-0.05, 0) is 18.2 Å². The molecule has 1 saturated heterocycles. The summed E-state index contributed by atoms with van der Waals surface area (Å²) in [6.07, 6.45) is 1.37. The molecule has 2 N–H and O–H groups in total. The van der Waals surface area contributed by atoms with Gasteiger partial charge in [-0.2, -0.15) is 0 Å². The first-order valence-corrected chi connectivity index (χ1v) is 8.38. The largest absolute Gasteiger partial charge is 0.359 e. The van der Waals surface area contributed by atoms with Crippen molar-refractivity contribution in [1.82, 2.24) is 9.88 Å². The van der Waals surface area contributed by atoms with Crippen LogP contribution in [-0.2, 0) is 6.54 Å². The number of benzene rings is 2. The van der Waals surface area contributed by atoms with E-state index in [0.29, 0.717) is 5.52 Å². The third kappa shape index (κ3) is 3.45. The smallest absolute Gasteiger partial charge is 0.272 e. The Morgan fingerprint density at radius 1 is 1.07 bits per heavy atom. The molecule has 3 aromatic rings. The van der Waals surface area contributed by atoms with E-state index in [1.807, 2.05) is 0 Å². The molecule has 4 nitrogen and oxygen atoms in total. The number of fused-ring (bicyclic) bond motifs is 1. The second-order valence-corrected chi connectivity index (χ2v) is 6.78. The van der Waals surface area contributed by atoms with E-state index in [1.54, 1.807) is 0 Å². The maximum absolute atomic E-state index is 14.3. The van der Waals surface area contributed by atoms with Gasteiger partial charge in [0.05, 0.1) is 24.3 Å². The summed E-state index contributed by atoms with van der Waals surface area (Å²) >= 11 is 0. The molecule has 1 aliphatic heterocycles. The van der Waals surface area contributed by atoms with Crippen LogP contribution in [0.25, 0.3) is 10.9 Å². The van der Waals surface area contributed by atoms with Gasteiger partial charge in [0.2, 0.25) is 0 Å². The Bertz CT molecular complexity index is 1070. The lowest BCUT2D eigenvalue weighted by Gasteiger charge is -2.38. The zero-order chi connectivity index (χ0) is 20.1. The number of halogens is 5. The summed E-state index contributed by atoms with van der Waals surface area (Å²) in [6, 6.07) is 5.67. The lowest BCUT2D eigenvalue weighted by atomic mass is 10.1. The van der Waals surface area contributed by atoms with E-state index in [9.17, 15) is 26.7 Å². The molecule has 0 radical (unpaired) electrons. The summed E-state index contributed by atoms with van der Waals surface area (Å²) in [5, 5.41) is 2.78. The third-order valence-corrected chi connectivity index (χ3v) is 4.59. The van der Waals surface area contributed by atoms with Gasteiger partial charge in [-0.25, -0.2) is 22.0 Å². The van der Waals surface area contributed by atoms with Crippen molar-refractivity contribution in [3.05, 3.63) is 65.1 Å². The van der Waals surface area contributed by atoms with Gasteiger partial charge in [0, 0.05) is 35.3 Å². The average Bonchev–Trinajstić information content (AvgIpc) is 2.97. The SMILES string of the molecule is O=C(Nc1c[nH]c2cc(F)c(F)cc12)c1ccc(CN2CC(F)(F)C2)c(F)c1. The van der Waals surface area contributed by atoms with Gasteiger partial charge in [-0.1, -0.05) is 6.07 Å². The first-order chi connectivity index (χ1) is 13.2. The van der Waals surface area contributed by atoms with Crippen molar-refractivity contribution in [2.45, 2.75) is 12.5 Å². The van der Waals surface area contributed by atoms with Crippen molar-refractivity contribution >= 4 is 22.5 Å². The van der Waals surface area contributed by atoms with E-state index < -0.39 is 42.4 Å². The fourth-order valence-electron chi connectivity index (χ4n) is 3.19. The van der Waals surface area contributed by atoms with Crippen LogP contribution in [0.15, 0.2) is 36.5 Å². The third-order valence-electron chi connectivity index (χ3n) is 4.59. The molecule has 146 valence electrons. The zero-order valence-electron chi connectivity index (χ0n) is 14.3. The summed E-state index contributed by atoms with van der Waals surface area (Å²) in [5.41, 5.74) is 0.720. The molecule has 2 heterocycles. The summed E-state index contributed by atoms with van der Waals surface area (Å²) in [5.74, 6) is -6.15. The van der Waals surface area contributed by atoms with Crippen molar-refractivity contribution in [2.24, 2.45) is 0 Å². The van der Waals surface area contributed by atoms with Crippen molar-refractivity contribution in [3.8, 4) is 0 Å². The number of nitrogens with zero attached hydrogens (tertiary/aromatic N) is 1. The van der Waals surface area contributed by atoms with Crippen LogP contribution < -0.4 is 5.32 Å². The van der Waals surface area contributed by atoms with Crippen LogP contribution in [-0.4, -0.2) is 34.8 Å². The number of carbonyl (C=O) groups excluding carboxylic acids is 1. The van der Waals surface area contributed by atoms with Crippen molar-refractivity contribution in [1.29, 1.82) is 0 Å². The zero-order valence-corrected chi connectivity index (χ0v) is 14.3. The first kappa shape index (κ1) is 18.4. The Hall–Kier alpha value is -2.94. The molecule has 0 unspecified atom stereocenters. The summed E-state index contributed by atoms with van der Waals surface area (Å²) in [7, 11) is 0. The predicted octanol–water partition coefficient (Wildman–Crippen LogP) is 4.29. The van der Waals surface area contributed by atoms with E-state index in [0.717, 1.165) is 18.2 Å². The molecule has 0 saturated carbocycles. The highest BCUT2D eigenvalue weighted by molar-refractivity contribution is 6.09. The molecule has 0 aliphatic carbocycles. The number of aromatic nitrogens is 1. The fraction of sp³-hybridized carbons (Fsp3) is 0.211. The minimum absolute atomic E-state index is 0.00660. The van der Waals surface area contributed by atoms with Gasteiger partial charge < -0.3 is 10.3 Å². The van der Waals surface area contributed by atoms with Gasteiger partial charge in [-0.15, -0.1) is 0 Å². The van der Waals surface area contributed by atoms with Gasteiger partial charge in [-0.3, -0.25) is 9.69 Å². The Balaban J connectivity index is 1.49. The molecular weight excluding hydrogens is 381 g/mol. The van der Waals surface area contributed by atoms with E-state index in [1.165, 1.54) is 23.2 Å². The number of hydrogen-bond donors (Lipinski definition) is 2. The lowest BCUT2D eigenvalue weighted by molar-refractivity contribution is -0.134. The molecule has 0 atom stereocenters. The first-order valence-electron chi connectivity index (χ1n) is 8.38. The van der Waals surface area contributed by atoms with Gasteiger partial charge in [0.25, 0.3) is 11.8 Å². The van der Waals surface area contributed by atoms with E-state index in [-0.39, 0.29) is 28.7 Å². The molecule has 1 aliphatic rings. The molecule has 1 amide bonds. The predicted molar refractivity (Wildman–Crippen MR) is 92.8 cm³/mol. The van der Waals surface area contributed by atoms with Gasteiger partial charge in [0.15, 0.2) is 11.6 Å². The maximum Gasteiger partial charge on any atom is 0.272 e. The molecule has 1 aromatic heterocycles. The highest BCUT2D eigenvalue weighted by Gasteiger charge is 2.43. The Kier molecular flexibility index (Phi) is 4.34. The molecule has 2 aromatic carbocycles. The van der Waals surface area contributed by atoms with Gasteiger partial charge >= 0.3 is 0 Å². The van der Waals surface area contributed by atoms with Crippen molar-refractivity contribution < 1.29 is 26.7 Å².